The molecule has 2 rings (SSSR count). The van der Waals surface area contributed by atoms with E-state index in [2.05, 4.69) is 20.3 Å². The van der Waals surface area contributed by atoms with Crippen molar-refractivity contribution in [2.75, 3.05) is 18.9 Å². The summed E-state index contributed by atoms with van der Waals surface area (Å²) in [6.07, 6.45) is 2.29. The van der Waals surface area contributed by atoms with Gasteiger partial charge < -0.3 is 31.4 Å². The normalized spacial score (nSPS) is 14.7. The summed E-state index contributed by atoms with van der Waals surface area (Å²) in [6, 6.07) is -0.609. The molecule has 0 aromatic rings. The predicted molar refractivity (Wildman–Crippen MR) is 68.2 cm³/mol. The van der Waals surface area contributed by atoms with Crippen molar-refractivity contribution in [1.82, 2.24) is 20.3 Å². The average Bonchev–Trinajstić information content (AvgIpc) is 2.81. The van der Waals surface area contributed by atoms with Gasteiger partial charge in [0.1, 0.15) is 11.4 Å². The molecule has 2 atom stereocenters. The zero-order valence-electron chi connectivity index (χ0n) is 10.2. The highest BCUT2D eigenvalue weighted by Crippen LogP contribution is 2.22. The summed E-state index contributed by atoms with van der Waals surface area (Å²) in [7, 11) is 0. The van der Waals surface area contributed by atoms with E-state index in [0.29, 0.717) is 17.9 Å². The Labute approximate surface area is 109 Å². The van der Waals surface area contributed by atoms with Gasteiger partial charge in [-0.3, -0.25) is 4.98 Å². The fraction of sp³-hybridized carbons (Fsp3) is 0.455. The zero-order chi connectivity index (χ0) is 13.8. The third-order valence-corrected chi connectivity index (χ3v) is 2.90. The number of aromatic amines is 1. The number of nitrogen functional groups attached to an aromatic ring is 1. The van der Waals surface area contributed by atoms with E-state index in [1.54, 1.807) is 12.4 Å². The van der Waals surface area contributed by atoms with Crippen LogP contribution in [0.5, 0.6) is 0 Å². The molecule has 8 nitrogen and oxygen atoms in total. The van der Waals surface area contributed by atoms with Crippen LogP contribution in [0.1, 0.15) is 5.56 Å². The second-order valence-corrected chi connectivity index (χ2v) is 4.22. The largest absolute Gasteiger partial charge is 0.395 e. The van der Waals surface area contributed by atoms with E-state index < -0.39 is 18.8 Å². The summed E-state index contributed by atoms with van der Waals surface area (Å²) in [4.78, 5) is 11.1. The number of hydrogen-bond acceptors (Lipinski definition) is 7. The summed E-state index contributed by atoms with van der Waals surface area (Å²) in [5.74, 6) is 0.288. The lowest BCUT2D eigenvalue weighted by Crippen LogP contribution is -2.44. The predicted octanol–water partition coefficient (Wildman–Crippen LogP) is -1.70. The summed E-state index contributed by atoms with van der Waals surface area (Å²) < 4.78 is 0. The molecule has 0 amide bonds. The lowest BCUT2D eigenvalue weighted by molar-refractivity contribution is 0.0410. The summed E-state index contributed by atoms with van der Waals surface area (Å²) in [5, 5.41) is 30.4. The Morgan fingerprint density at radius 3 is 2.84 bits per heavy atom. The molecule has 2 aliphatic rings. The van der Waals surface area contributed by atoms with E-state index in [4.69, 9.17) is 15.9 Å². The first-order valence-corrected chi connectivity index (χ1v) is 5.87. The molecule has 0 aromatic heterocycles. The van der Waals surface area contributed by atoms with Crippen molar-refractivity contribution in [2.24, 2.45) is 0 Å². The van der Waals surface area contributed by atoms with Crippen LogP contribution in [0.25, 0.3) is 11.4 Å². The van der Waals surface area contributed by atoms with E-state index in [1.165, 1.54) is 0 Å². The fourth-order valence-electron chi connectivity index (χ4n) is 1.78. The molecule has 104 valence electrons. The number of aliphatic hydroxyl groups is 3. The quantitative estimate of drug-likeness (QED) is 0.366. The zero-order valence-corrected chi connectivity index (χ0v) is 10.2. The van der Waals surface area contributed by atoms with Gasteiger partial charge in [0, 0.05) is 24.5 Å². The average molecular weight is 267 g/mol. The number of H-pyrrole nitrogens is 1. The number of hydrogen-bond donors (Lipinski definition) is 6. The topological polar surface area (TPSA) is 140 Å². The van der Waals surface area contributed by atoms with Gasteiger partial charge in [0.15, 0.2) is 5.95 Å². The first kappa shape index (κ1) is 13.7. The molecule has 8 heteroatoms. The highest BCUT2D eigenvalue weighted by molar-refractivity contribution is 5.61. The van der Waals surface area contributed by atoms with Gasteiger partial charge in [-0.15, -0.1) is 0 Å². The number of nitrogens with one attached hydrogen (secondary N) is 2. The molecule has 0 spiro atoms. The minimum atomic E-state index is -1.02. The molecule has 7 N–H and O–H groups in total. The van der Waals surface area contributed by atoms with Crippen molar-refractivity contribution in [2.45, 2.75) is 18.7 Å². The SMILES string of the molecule is Nc1nc2c(CN[C@H](CO)[C@@H](O)CO)cnc-2c[nH]1. The Balaban J connectivity index is 2.07. The number of nitrogens with zero attached hydrogens (tertiary/aromatic N) is 2. The van der Waals surface area contributed by atoms with Crippen LogP contribution in [-0.4, -0.2) is 55.6 Å². The number of fused-ring (bicyclic) bond motifs is 1. The van der Waals surface area contributed by atoms with E-state index >= 15 is 0 Å². The summed E-state index contributed by atoms with van der Waals surface area (Å²) in [6.45, 7) is -0.342. The fourth-order valence-corrected chi connectivity index (χ4v) is 1.78. The second-order valence-electron chi connectivity index (χ2n) is 4.22. The maximum absolute atomic E-state index is 9.47. The van der Waals surface area contributed by atoms with Gasteiger partial charge in [-0.1, -0.05) is 0 Å². The van der Waals surface area contributed by atoms with Gasteiger partial charge in [0.2, 0.25) is 0 Å². The number of aromatic nitrogens is 3. The molecule has 0 radical (unpaired) electrons. The van der Waals surface area contributed by atoms with Crippen molar-refractivity contribution in [3.8, 4) is 11.4 Å². The molecule has 0 saturated heterocycles. The van der Waals surface area contributed by atoms with Crippen LogP contribution in [0.3, 0.4) is 0 Å². The Morgan fingerprint density at radius 1 is 1.37 bits per heavy atom. The molecule has 19 heavy (non-hydrogen) atoms. The van der Waals surface area contributed by atoms with Crippen LogP contribution < -0.4 is 11.1 Å². The first-order valence-electron chi connectivity index (χ1n) is 5.87. The van der Waals surface area contributed by atoms with Gasteiger partial charge in [-0.2, -0.15) is 0 Å². The van der Waals surface area contributed by atoms with Crippen molar-refractivity contribution in [3.63, 3.8) is 0 Å². The molecule has 0 unspecified atom stereocenters. The lowest BCUT2D eigenvalue weighted by atomic mass is 10.1. The number of aliphatic hydroxyl groups excluding tert-OH is 3. The molecule has 0 bridgehead atoms. The van der Waals surface area contributed by atoms with Crippen LogP contribution in [0.15, 0.2) is 12.4 Å². The first-order chi connectivity index (χ1) is 9.15. The van der Waals surface area contributed by atoms with Crippen molar-refractivity contribution in [3.05, 3.63) is 18.0 Å². The molecule has 2 aliphatic heterocycles. The summed E-state index contributed by atoms with van der Waals surface area (Å²) >= 11 is 0. The Hall–Kier alpha value is -1.74. The maximum atomic E-state index is 9.47. The van der Waals surface area contributed by atoms with Crippen LogP contribution in [0.4, 0.5) is 5.95 Å². The Kier molecular flexibility index (Phi) is 4.27. The third-order valence-electron chi connectivity index (χ3n) is 2.90. The van der Waals surface area contributed by atoms with Gasteiger partial charge >= 0.3 is 0 Å². The molecule has 0 aromatic carbocycles. The number of anilines is 1. The Morgan fingerprint density at radius 2 is 2.16 bits per heavy atom. The maximum Gasteiger partial charge on any atom is 0.198 e. The molecule has 0 fully saturated rings. The van der Waals surface area contributed by atoms with Crippen molar-refractivity contribution in [1.29, 1.82) is 0 Å². The third kappa shape index (κ3) is 2.99. The smallest absolute Gasteiger partial charge is 0.198 e. The van der Waals surface area contributed by atoms with Gasteiger partial charge in [-0.25, -0.2) is 4.98 Å². The molecule has 2 heterocycles. The standard InChI is InChI=1S/C11H17N5O3/c12-11-15-3-7-10(16-11)6(1-13-7)2-14-8(4-17)9(19)5-18/h1,3,8-9,14,17-19H,2,4-5H2,(H3,12,15,16)/t8-,9+/m1/s1. The van der Waals surface area contributed by atoms with Crippen molar-refractivity contribution < 1.29 is 15.3 Å². The second kappa shape index (κ2) is 5.93. The highest BCUT2D eigenvalue weighted by atomic mass is 16.3. The molecule has 0 saturated carbocycles. The van der Waals surface area contributed by atoms with Crippen LogP contribution in [-0.2, 0) is 6.54 Å². The van der Waals surface area contributed by atoms with Crippen LogP contribution in [0.2, 0.25) is 0 Å². The molecular formula is C11H17N5O3. The van der Waals surface area contributed by atoms with E-state index in [0.717, 1.165) is 5.56 Å². The molecular weight excluding hydrogens is 250 g/mol. The number of nitrogens with two attached hydrogens (primary N) is 1. The summed E-state index contributed by atoms with van der Waals surface area (Å²) in [5.41, 5.74) is 7.74. The van der Waals surface area contributed by atoms with Gasteiger partial charge in [0.05, 0.1) is 25.4 Å². The minimum absolute atomic E-state index is 0.281. The van der Waals surface area contributed by atoms with E-state index in [9.17, 15) is 5.11 Å². The Bertz CT molecular complexity index is 503. The minimum Gasteiger partial charge on any atom is -0.395 e. The monoisotopic (exact) mass is 267 g/mol. The van der Waals surface area contributed by atoms with Crippen molar-refractivity contribution >= 4 is 5.95 Å². The highest BCUT2D eigenvalue weighted by Gasteiger charge is 2.19. The van der Waals surface area contributed by atoms with Crippen LogP contribution >= 0.6 is 0 Å². The molecule has 0 aliphatic carbocycles. The lowest BCUT2D eigenvalue weighted by Gasteiger charge is -2.20. The van der Waals surface area contributed by atoms with Gasteiger partial charge in [0.25, 0.3) is 0 Å². The van der Waals surface area contributed by atoms with E-state index in [1.807, 2.05) is 0 Å². The van der Waals surface area contributed by atoms with E-state index in [-0.39, 0.29) is 12.6 Å². The number of rotatable bonds is 6. The van der Waals surface area contributed by atoms with Crippen LogP contribution in [0, 0.1) is 0 Å². The van der Waals surface area contributed by atoms with Gasteiger partial charge in [-0.05, 0) is 0 Å².